The molecular formula is C28H30N4O3. The lowest BCUT2D eigenvalue weighted by atomic mass is 9.78. The highest BCUT2D eigenvalue weighted by Gasteiger charge is 2.47. The first-order valence-corrected chi connectivity index (χ1v) is 12.2. The zero-order chi connectivity index (χ0) is 24.7. The Hall–Kier alpha value is -3.79. The summed E-state index contributed by atoms with van der Waals surface area (Å²) in [5.74, 6) is 0.760. The van der Waals surface area contributed by atoms with Crippen LogP contribution in [0.5, 0.6) is 0 Å². The minimum atomic E-state index is -0.894. The van der Waals surface area contributed by atoms with Crippen molar-refractivity contribution in [2.45, 2.75) is 45.2 Å². The number of hydrogen-bond donors (Lipinski definition) is 2. The number of anilines is 2. The minimum absolute atomic E-state index is 0.00112. The van der Waals surface area contributed by atoms with Crippen LogP contribution < -0.4 is 10.2 Å². The van der Waals surface area contributed by atoms with Gasteiger partial charge >= 0.3 is 6.09 Å². The third-order valence-electron chi connectivity index (χ3n) is 7.62. The number of carboxylic acid groups (broad SMARTS) is 1. The SMILES string of the molecule is CC(=O)N1c2ccc(C3=CCN(C(=O)O)CC3)cc2[C@H](Nc2ccc(C#N)cc2)[C@@H](C)[C@@H]1C1CC1. The van der Waals surface area contributed by atoms with Gasteiger partial charge in [-0.2, -0.15) is 5.26 Å². The number of amides is 2. The van der Waals surface area contributed by atoms with Gasteiger partial charge in [0, 0.05) is 43.3 Å². The smallest absolute Gasteiger partial charge is 0.407 e. The van der Waals surface area contributed by atoms with E-state index in [1.165, 1.54) is 4.90 Å². The van der Waals surface area contributed by atoms with Gasteiger partial charge in [-0.25, -0.2) is 4.79 Å². The Balaban J connectivity index is 1.55. The van der Waals surface area contributed by atoms with Gasteiger partial charge in [0.05, 0.1) is 17.7 Å². The molecule has 35 heavy (non-hydrogen) atoms. The summed E-state index contributed by atoms with van der Waals surface area (Å²) >= 11 is 0. The van der Waals surface area contributed by atoms with Crippen LogP contribution in [0.3, 0.4) is 0 Å². The standard InChI is InChI=1S/C28H30N4O3/c1-17-26(30-23-8-3-19(16-29)4-9-23)24-15-22(20-11-13-31(14-12-20)28(34)35)7-10-25(24)32(18(2)33)27(17)21-5-6-21/h3-4,7-11,15,17,21,26-27,30H,5-6,12-14H2,1-2H3,(H,34,35)/t17-,26-,27-/m1/s1. The van der Waals surface area contributed by atoms with E-state index in [4.69, 9.17) is 5.26 Å². The molecule has 5 rings (SSSR count). The van der Waals surface area contributed by atoms with Gasteiger partial charge in [0.15, 0.2) is 0 Å². The summed E-state index contributed by atoms with van der Waals surface area (Å²) in [6, 6.07) is 16.1. The average molecular weight is 471 g/mol. The molecule has 0 unspecified atom stereocenters. The molecule has 180 valence electrons. The van der Waals surface area contributed by atoms with Crippen molar-refractivity contribution in [2.75, 3.05) is 23.3 Å². The van der Waals surface area contributed by atoms with E-state index in [0.717, 1.165) is 40.9 Å². The van der Waals surface area contributed by atoms with Crippen LogP contribution in [0.4, 0.5) is 16.2 Å². The quantitative estimate of drug-likeness (QED) is 0.635. The Bertz CT molecular complexity index is 1230. The molecule has 0 aromatic heterocycles. The fourth-order valence-corrected chi connectivity index (χ4v) is 5.69. The van der Waals surface area contributed by atoms with Crippen molar-refractivity contribution < 1.29 is 14.7 Å². The largest absolute Gasteiger partial charge is 0.465 e. The fraction of sp³-hybridized carbons (Fsp3) is 0.393. The van der Waals surface area contributed by atoms with Crippen molar-refractivity contribution in [1.82, 2.24) is 4.90 Å². The fourth-order valence-electron chi connectivity index (χ4n) is 5.69. The van der Waals surface area contributed by atoms with Crippen LogP contribution in [0, 0.1) is 23.2 Å². The Kier molecular flexibility index (Phi) is 5.98. The Labute approximate surface area is 205 Å². The third kappa shape index (κ3) is 4.37. The summed E-state index contributed by atoms with van der Waals surface area (Å²) in [6.07, 6.45) is 4.04. The maximum absolute atomic E-state index is 12.9. The topological polar surface area (TPSA) is 96.7 Å². The van der Waals surface area contributed by atoms with E-state index in [0.29, 0.717) is 31.0 Å². The average Bonchev–Trinajstić information content (AvgIpc) is 3.70. The van der Waals surface area contributed by atoms with Crippen LogP contribution in [0.2, 0.25) is 0 Å². The van der Waals surface area contributed by atoms with Crippen LogP contribution in [0.25, 0.3) is 5.57 Å². The van der Waals surface area contributed by atoms with Gasteiger partial charge in [-0.1, -0.05) is 19.1 Å². The van der Waals surface area contributed by atoms with Gasteiger partial charge in [0.2, 0.25) is 5.91 Å². The van der Waals surface area contributed by atoms with Gasteiger partial charge in [-0.15, -0.1) is 0 Å². The summed E-state index contributed by atoms with van der Waals surface area (Å²) in [4.78, 5) is 27.6. The molecular weight excluding hydrogens is 440 g/mol. The molecule has 0 saturated heterocycles. The Morgan fingerprint density at radius 2 is 1.89 bits per heavy atom. The van der Waals surface area contributed by atoms with E-state index in [-0.39, 0.29) is 23.9 Å². The molecule has 2 aromatic rings. The van der Waals surface area contributed by atoms with Gasteiger partial charge in [-0.3, -0.25) is 4.79 Å². The van der Waals surface area contributed by atoms with E-state index >= 15 is 0 Å². The number of hydrogen-bond acceptors (Lipinski definition) is 4. The molecule has 7 heteroatoms. The maximum atomic E-state index is 12.9. The number of fused-ring (bicyclic) bond motifs is 1. The first-order chi connectivity index (χ1) is 16.9. The van der Waals surface area contributed by atoms with Crippen molar-refractivity contribution in [1.29, 1.82) is 5.26 Å². The van der Waals surface area contributed by atoms with E-state index < -0.39 is 6.09 Å². The lowest BCUT2D eigenvalue weighted by Crippen LogP contribution is -2.51. The number of benzene rings is 2. The van der Waals surface area contributed by atoms with Crippen LogP contribution >= 0.6 is 0 Å². The summed E-state index contributed by atoms with van der Waals surface area (Å²) in [7, 11) is 0. The Morgan fingerprint density at radius 3 is 2.46 bits per heavy atom. The normalized spacial score (nSPS) is 23.7. The van der Waals surface area contributed by atoms with Gasteiger partial charge < -0.3 is 20.2 Å². The van der Waals surface area contributed by atoms with Crippen molar-refractivity contribution in [3.63, 3.8) is 0 Å². The number of nitrogens with zero attached hydrogens (tertiary/aromatic N) is 3. The number of nitrogens with one attached hydrogen (secondary N) is 1. The molecule has 2 aliphatic heterocycles. The highest BCUT2D eigenvalue weighted by atomic mass is 16.4. The second kappa shape index (κ2) is 9.10. The number of rotatable bonds is 4. The minimum Gasteiger partial charge on any atom is -0.465 e. The molecule has 3 atom stereocenters. The number of carbonyl (C=O) groups excluding carboxylic acids is 1. The third-order valence-corrected chi connectivity index (χ3v) is 7.62. The monoisotopic (exact) mass is 470 g/mol. The van der Waals surface area contributed by atoms with Gasteiger partial charge in [0.25, 0.3) is 0 Å². The lowest BCUT2D eigenvalue weighted by molar-refractivity contribution is -0.117. The summed E-state index contributed by atoms with van der Waals surface area (Å²) in [5.41, 5.74) is 5.79. The molecule has 7 nitrogen and oxygen atoms in total. The van der Waals surface area contributed by atoms with Gasteiger partial charge in [0.1, 0.15) is 0 Å². The molecule has 3 aliphatic rings. The molecule has 0 bridgehead atoms. The van der Waals surface area contributed by atoms with Crippen LogP contribution in [0.15, 0.2) is 48.5 Å². The molecule has 1 aliphatic carbocycles. The first kappa shape index (κ1) is 23.0. The summed E-state index contributed by atoms with van der Waals surface area (Å²) in [6.45, 7) is 4.73. The zero-order valence-corrected chi connectivity index (χ0v) is 20.1. The van der Waals surface area contributed by atoms with Crippen LogP contribution in [-0.2, 0) is 4.79 Å². The first-order valence-electron chi connectivity index (χ1n) is 12.2. The maximum Gasteiger partial charge on any atom is 0.407 e. The van der Waals surface area contributed by atoms with E-state index in [1.807, 2.05) is 35.2 Å². The van der Waals surface area contributed by atoms with Crippen molar-refractivity contribution >= 4 is 28.9 Å². The lowest BCUT2D eigenvalue weighted by Gasteiger charge is -2.46. The molecule has 1 saturated carbocycles. The molecule has 0 radical (unpaired) electrons. The van der Waals surface area contributed by atoms with Crippen molar-refractivity contribution in [3.8, 4) is 6.07 Å². The predicted octanol–water partition coefficient (Wildman–Crippen LogP) is 5.26. The van der Waals surface area contributed by atoms with Crippen LogP contribution in [0.1, 0.15) is 55.8 Å². The number of carbonyl (C=O) groups is 2. The molecule has 2 aromatic carbocycles. The second-order valence-corrected chi connectivity index (χ2v) is 9.87. The molecule has 1 fully saturated rings. The highest BCUT2D eigenvalue weighted by molar-refractivity contribution is 5.94. The van der Waals surface area contributed by atoms with Crippen molar-refractivity contribution in [3.05, 3.63) is 65.2 Å². The Morgan fingerprint density at radius 1 is 1.14 bits per heavy atom. The molecule has 2 heterocycles. The van der Waals surface area contributed by atoms with E-state index in [2.05, 4.69) is 36.5 Å². The van der Waals surface area contributed by atoms with Crippen molar-refractivity contribution in [2.24, 2.45) is 11.8 Å². The second-order valence-electron chi connectivity index (χ2n) is 9.87. The molecule has 2 N–H and O–H groups in total. The van der Waals surface area contributed by atoms with E-state index in [9.17, 15) is 14.7 Å². The van der Waals surface area contributed by atoms with Gasteiger partial charge in [-0.05, 0) is 78.3 Å². The summed E-state index contributed by atoms with van der Waals surface area (Å²) < 4.78 is 0. The molecule has 2 amide bonds. The summed E-state index contributed by atoms with van der Waals surface area (Å²) in [5, 5.41) is 22.1. The van der Waals surface area contributed by atoms with E-state index in [1.54, 1.807) is 6.92 Å². The highest BCUT2D eigenvalue weighted by Crippen LogP contribution is 2.50. The zero-order valence-electron chi connectivity index (χ0n) is 20.1. The molecule has 0 spiro atoms. The van der Waals surface area contributed by atoms with Crippen LogP contribution in [-0.4, -0.2) is 41.1 Å². The predicted molar refractivity (Wildman–Crippen MR) is 135 cm³/mol. The number of nitriles is 1.